The Labute approximate surface area is 156 Å². The zero-order chi connectivity index (χ0) is 15.2. The molecule has 1 fully saturated rings. The number of hydrogen-bond donors (Lipinski definition) is 1. The van der Waals surface area contributed by atoms with Gasteiger partial charge in [-0.15, -0.1) is 24.8 Å². The van der Waals surface area contributed by atoms with Crippen LogP contribution in [-0.4, -0.2) is 31.1 Å². The maximum absolute atomic E-state index is 9.22. The zero-order valence-electron chi connectivity index (χ0n) is 13.5. The minimum Gasteiger partial charge on any atom is -0.314 e. The molecule has 1 heterocycles. The van der Waals surface area contributed by atoms with E-state index in [9.17, 15) is 5.26 Å². The summed E-state index contributed by atoms with van der Waals surface area (Å²) in [7, 11) is 0. The van der Waals surface area contributed by atoms with Crippen LogP contribution >= 0.6 is 24.8 Å². The van der Waals surface area contributed by atoms with Crippen LogP contribution in [0.15, 0.2) is 54.6 Å². The van der Waals surface area contributed by atoms with Gasteiger partial charge in [0.1, 0.15) is 0 Å². The summed E-state index contributed by atoms with van der Waals surface area (Å²) in [5.41, 5.74) is 3.68. The lowest BCUT2D eigenvalue weighted by Crippen LogP contribution is -2.45. The normalized spacial score (nSPS) is 15.5. The van der Waals surface area contributed by atoms with E-state index in [1.54, 1.807) is 0 Å². The molecule has 2 aromatic carbocycles. The summed E-state index contributed by atoms with van der Waals surface area (Å²) in [6, 6.07) is 21.6. The molecular formula is C19H23Cl2N3. The Balaban J connectivity index is 0.00000144. The molecule has 5 heteroatoms. The van der Waals surface area contributed by atoms with Gasteiger partial charge in [-0.3, -0.25) is 4.90 Å². The zero-order valence-corrected chi connectivity index (χ0v) is 15.2. The molecule has 0 radical (unpaired) electrons. The molecule has 2 aromatic rings. The third-order valence-corrected chi connectivity index (χ3v) is 4.26. The fraction of sp³-hybridized carbons (Fsp3) is 0.316. The highest BCUT2D eigenvalue weighted by atomic mass is 35.5. The van der Waals surface area contributed by atoms with Crippen LogP contribution in [0.1, 0.15) is 18.0 Å². The second-order valence-electron chi connectivity index (χ2n) is 5.66. The summed E-state index contributed by atoms with van der Waals surface area (Å²) in [6.45, 7) is 4.00. The summed E-state index contributed by atoms with van der Waals surface area (Å²) in [5, 5.41) is 12.6. The molecule has 3 rings (SSSR count). The van der Waals surface area contributed by atoms with Crippen LogP contribution in [0.4, 0.5) is 0 Å². The van der Waals surface area contributed by atoms with E-state index in [-0.39, 0.29) is 30.9 Å². The molecular weight excluding hydrogens is 341 g/mol. The van der Waals surface area contributed by atoms with Gasteiger partial charge in [-0.1, -0.05) is 48.5 Å². The van der Waals surface area contributed by atoms with Gasteiger partial charge in [-0.25, -0.2) is 0 Å². The molecule has 1 aliphatic rings. The molecule has 0 bridgehead atoms. The largest absolute Gasteiger partial charge is 0.314 e. The standard InChI is InChI=1S/C19H21N3.2ClH/c20-10-9-19(22-13-11-21-12-14-22)18-8-4-7-17(15-18)16-5-2-1-3-6-16;;/h1-8,15,19,21H,9,11-14H2;2*1H/t19-;;/m0../s1. The van der Waals surface area contributed by atoms with Crippen LogP contribution in [0.25, 0.3) is 11.1 Å². The molecule has 0 amide bonds. The van der Waals surface area contributed by atoms with Crippen LogP contribution in [0.2, 0.25) is 0 Å². The molecule has 24 heavy (non-hydrogen) atoms. The van der Waals surface area contributed by atoms with Gasteiger partial charge in [-0.05, 0) is 22.8 Å². The van der Waals surface area contributed by atoms with Gasteiger partial charge < -0.3 is 5.32 Å². The molecule has 1 atom stereocenters. The van der Waals surface area contributed by atoms with E-state index in [0.717, 1.165) is 26.2 Å². The molecule has 0 unspecified atom stereocenters. The number of rotatable bonds is 4. The van der Waals surface area contributed by atoms with Gasteiger partial charge in [0.2, 0.25) is 0 Å². The number of benzene rings is 2. The van der Waals surface area contributed by atoms with Crippen molar-refractivity contribution in [2.45, 2.75) is 12.5 Å². The fourth-order valence-corrected chi connectivity index (χ4v) is 3.09. The van der Waals surface area contributed by atoms with Gasteiger partial charge in [0.25, 0.3) is 0 Å². The number of halogens is 2. The number of hydrogen-bond acceptors (Lipinski definition) is 3. The number of nitrogens with zero attached hydrogens (tertiary/aromatic N) is 2. The lowest BCUT2D eigenvalue weighted by atomic mass is 9.97. The van der Waals surface area contributed by atoms with Crippen molar-refractivity contribution in [3.8, 4) is 17.2 Å². The third kappa shape index (κ3) is 4.96. The molecule has 1 saturated heterocycles. The maximum atomic E-state index is 9.22. The van der Waals surface area contributed by atoms with Crippen molar-refractivity contribution in [2.24, 2.45) is 0 Å². The first-order valence-electron chi connectivity index (χ1n) is 7.85. The molecule has 0 aliphatic carbocycles. The van der Waals surface area contributed by atoms with Crippen molar-refractivity contribution in [1.29, 1.82) is 5.26 Å². The van der Waals surface area contributed by atoms with Crippen molar-refractivity contribution >= 4 is 24.8 Å². The first-order valence-corrected chi connectivity index (χ1v) is 7.85. The summed E-state index contributed by atoms with van der Waals surface area (Å²) in [4.78, 5) is 2.42. The summed E-state index contributed by atoms with van der Waals surface area (Å²) in [5.74, 6) is 0. The SMILES string of the molecule is Cl.Cl.N#CC[C@@H](c1cccc(-c2ccccc2)c1)N1CCNCC1. The Morgan fingerprint density at radius 2 is 1.62 bits per heavy atom. The van der Waals surface area contributed by atoms with E-state index in [1.165, 1.54) is 16.7 Å². The first kappa shape index (κ1) is 20.5. The Morgan fingerprint density at radius 3 is 2.29 bits per heavy atom. The topological polar surface area (TPSA) is 39.1 Å². The van der Waals surface area contributed by atoms with E-state index in [0.29, 0.717) is 6.42 Å². The lowest BCUT2D eigenvalue weighted by molar-refractivity contribution is 0.175. The average Bonchev–Trinajstić information content (AvgIpc) is 2.61. The third-order valence-electron chi connectivity index (χ3n) is 4.26. The van der Waals surface area contributed by atoms with E-state index in [2.05, 4.69) is 64.8 Å². The fourth-order valence-electron chi connectivity index (χ4n) is 3.09. The molecule has 0 saturated carbocycles. The van der Waals surface area contributed by atoms with Crippen molar-refractivity contribution in [1.82, 2.24) is 10.2 Å². The number of piperazine rings is 1. The van der Waals surface area contributed by atoms with E-state index in [1.807, 2.05) is 6.07 Å². The van der Waals surface area contributed by atoms with Crippen LogP contribution in [0.5, 0.6) is 0 Å². The summed E-state index contributed by atoms with van der Waals surface area (Å²) < 4.78 is 0. The van der Waals surface area contributed by atoms with Gasteiger partial charge in [0.05, 0.1) is 12.5 Å². The highest BCUT2D eigenvalue weighted by Gasteiger charge is 2.22. The minimum atomic E-state index is 0. The Kier molecular flexibility index (Phi) is 8.81. The highest BCUT2D eigenvalue weighted by Crippen LogP contribution is 2.28. The predicted molar refractivity (Wildman–Crippen MR) is 104 cm³/mol. The predicted octanol–water partition coefficient (Wildman–Crippen LogP) is 4.06. The van der Waals surface area contributed by atoms with Gasteiger partial charge in [0, 0.05) is 32.2 Å². The Hall–Kier alpha value is -1.57. The lowest BCUT2D eigenvalue weighted by Gasteiger charge is -2.34. The molecule has 0 spiro atoms. The van der Waals surface area contributed by atoms with E-state index >= 15 is 0 Å². The van der Waals surface area contributed by atoms with Gasteiger partial charge in [-0.2, -0.15) is 5.26 Å². The maximum Gasteiger partial charge on any atom is 0.0641 e. The van der Waals surface area contributed by atoms with Crippen LogP contribution in [-0.2, 0) is 0 Å². The Morgan fingerprint density at radius 1 is 0.958 bits per heavy atom. The Bertz CT molecular complexity index is 649. The molecule has 3 nitrogen and oxygen atoms in total. The van der Waals surface area contributed by atoms with Crippen molar-refractivity contribution < 1.29 is 0 Å². The monoisotopic (exact) mass is 363 g/mol. The number of nitrogens with one attached hydrogen (secondary N) is 1. The van der Waals surface area contributed by atoms with Crippen LogP contribution in [0.3, 0.4) is 0 Å². The first-order chi connectivity index (χ1) is 10.9. The minimum absolute atomic E-state index is 0. The summed E-state index contributed by atoms with van der Waals surface area (Å²) >= 11 is 0. The van der Waals surface area contributed by atoms with E-state index < -0.39 is 0 Å². The van der Waals surface area contributed by atoms with Gasteiger partial charge >= 0.3 is 0 Å². The van der Waals surface area contributed by atoms with E-state index in [4.69, 9.17) is 0 Å². The quantitative estimate of drug-likeness (QED) is 0.889. The smallest absolute Gasteiger partial charge is 0.0641 e. The van der Waals surface area contributed by atoms with Crippen LogP contribution in [0, 0.1) is 11.3 Å². The number of nitriles is 1. The van der Waals surface area contributed by atoms with Crippen LogP contribution < -0.4 is 5.32 Å². The van der Waals surface area contributed by atoms with Gasteiger partial charge in [0.15, 0.2) is 0 Å². The molecule has 128 valence electrons. The molecule has 1 aliphatic heterocycles. The molecule has 1 N–H and O–H groups in total. The second-order valence-corrected chi connectivity index (χ2v) is 5.66. The average molecular weight is 364 g/mol. The molecule has 0 aromatic heterocycles. The summed E-state index contributed by atoms with van der Waals surface area (Å²) in [6.07, 6.45) is 0.540. The highest BCUT2D eigenvalue weighted by molar-refractivity contribution is 5.85. The second kappa shape index (κ2) is 10.3. The van der Waals surface area contributed by atoms with Crippen molar-refractivity contribution in [2.75, 3.05) is 26.2 Å². The van der Waals surface area contributed by atoms with Crippen molar-refractivity contribution in [3.63, 3.8) is 0 Å². The van der Waals surface area contributed by atoms with Crippen molar-refractivity contribution in [3.05, 3.63) is 60.2 Å².